The molecule has 0 heterocycles. The monoisotopic (exact) mass is 335 g/mol. The summed E-state index contributed by atoms with van der Waals surface area (Å²) in [5.74, 6) is -0.496. The van der Waals surface area contributed by atoms with E-state index in [4.69, 9.17) is 14.6 Å². The quantitative estimate of drug-likeness (QED) is 0.713. The third-order valence-electron chi connectivity index (χ3n) is 4.27. The fraction of sp³-hybridized carbons (Fsp3) is 0.556. The standard InChI is InChI=1S/C18H25NO5/c1-23-10-3-11-24-16-5-2-4-14(12-16)17(20)19-15-8-6-13(7-9-15)18(21)22/h2,4-5,12-13,15H,3,6-11H2,1H3,(H,19,20)(H,21,22). The number of ether oxygens (including phenoxy) is 2. The summed E-state index contributed by atoms with van der Waals surface area (Å²) in [5, 5.41) is 12.0. The highest BCUT2D eigenvalue weighted by Crippen LogP contribution is 2.24. The average molecular weight is 335 g/mol. The minimum Gasteiger partial charge on any atom is -0.493 e. The van der Waals surface area contributed by atoms with Crippen molar-refractivity contribution < 1.29 is 24.2 Å². The van der Waals surface area contributed by atoms with Crippen molar-refractivity contribution in [3.8, 4) is 5.75 Å². The van der Waals surface area contributed by atoms with Gasteiger partial charge in [0.25, 0.3) is 5.91 Å². The molecule has 0 bridgehead atoms. The van der Waals surface area contributed by atoms with Gasteiger partial charge < -0.3 is 19.9 Å². The maximum Gasteiger partial charge on any atom is 0.306 e. The van der Waals surface area contributed by atoms with Crippen LogP contribution in [-0.2, 0) is 9.53 Å². The van der Waals surface area contributed by atoms with Gasteiger partial charge in [-0.15, -0.1) is 0 Å². The van der Waals surface area contributed by atoms with E-state index >= 15 is 0 Å². The molecule has 2 N–H and O–H groups in total. The van der Waals surface area contributed by atoms with Crippen LogP contribution >= 0.6 is 0 Å². The lowest BCUT2D eigenvalue weighted by atomic mass is 9.86. The third kappa shape index (κ3) is 5.53. The minimum atomic E-state index is -0.738. The Labute approximate surface area is 142 Å². The zero-order valence-electron chi connectivity index (χ0n) is 14.0. The van der Waals surface area contributed by atoms with Crippen molar-refractivity contribution in [1.82, 2.24) is 5.32 Å². The Morgan fingerprint density at radius 1 is 1.21 bits per heavy atom. The second kappa shape index (κ2) is 9.27. The molecule has 2 rings (SSSR count). The zero-order valence-corrected chi connectivity index (χ0v) is 14.0. The van der Waals surface area contributed by atoms with Crippen LogP contribution in [0.3, 0.4) is 0 Å². The number of benzene rings is 1. The Hall–Kier alpha value is -2.08. The van der Waals surface area contributed by atoms with Crippen molar-refractivity contribution in [1.29, 1.82) is 0 Å². The van der Waals surface area contributed by atoms with Gasteiger partial charge in [0.05, 0.1) is 12.5 Å². The second-order valence-corrected chi connectivity index (χ2v) is 6.08. The van der Waals surface area contributed by atoms with Gasteiger partial charge in [0.1, 0.15) is 5.75 Å². The molecule has 0 saturated heterocycles. The molecule has 1 aromatic carbocycles. The first-order chi connectivity index (χ1) is 11.6. The lowest BCUT2D eigenvalue weighted by Gasteiger charge is -2.26. The van der Waals surface area contributed by atoms with Crippen molar-refractivity contribution in [2.45, 2.75) is 38.1 Å². The predicted molar refractivity (Wildman–Crippen MR) is 89.3 cm³/mol. The Kier molecular flexibility index (Phi) is 7.06. The maximum atomic E-state index is 12.4. The topological polar surface area (TPSA) is 84.9 Å². The van der Waals surface area contributed by atoms with E-state index in [9.17, 15) is 9.59 Å². The first-order valence-electron chi connectivity index (χ1n) is 8.35. The molecule has 0 unspecified atom stereocenters. The highest BCUT2D eigenvalue weighted by atomic mass is 16.5. The van der Waals surface area contributed by atoms with Gasteiger partial charge in [0.2, 0.25) is 0 Å². The molecule has 0 spiro atoms. The predicted octanol–water partition coefficient (Wildman–Crippen LogP) is 2.48. The van der Waals surface area contributed by atoms with Gasteiger partial charge in [-0.2, -0.15) is 0 Å². The average Bonchev–Trinajstić information content (AvgIpc) is 2.59. The molecule has 132 valence electrons. The zero-order chi connectivity index (χ0) is 17.4. The van der Waals surface area contributed by atoms with Crippen LogP contribution in [-0.4, -0.2) is 43.3 Å². The fourth-order valence-corrected chi connectivity index (χ4v) is 2.87. The summed E-state index contributed by atoms with van der Waals surface area (Å²) in [7, 11) is 1.65. The molecule has 1 aromatic rings. The number of nitrogens with one attached hydrogen (secondary N) is 1. The molecule has 24 heavy (non-hydrogen) atoms. The highest BCUT2D eigenvalue weighted by Gasteiger charge is 2.26. The first kappa shape index (κ1) is 18.3. The van der Waals surface area contributed by atoms with Crippen LogP contribution in [0.25, 0.3) is 0 Å². The number of methoxy groups -OCH3 is 1. The van der Waals surface area contributed by atoms with Crippen molar-refractivity contribution in [3.05, 3.63) is 29.8 Å². The van der Waals surface area contributed by atoms with E-state index in [1.807, 2.05) is 6.07 Å². The summed E-state index contributed by atoms with van der Waals surface area (Å²) >= 11 is 0. The van der Waals surface area contributed by atoms with Crippen molar-refractivity contribution in [2.24, 2.45) is 5.92 Å². The van der Waals surface area contributed by atoms with Crippen LogP contribution in [0.2, 0.25) is 0 Å². The van der Waals surface area contributed by atoms with E-state index in [0.29, 0.717) is 50.2 Å². The van der Waals surface area contributed by atoms with Crippen LogP contribution in [0.4, 0.5) is 0 Å². The van der Waals surface area contributed by atoms with Crippen molar-refractivity contribution in [3.63, 3.8) is 0 Å². The van der Waals surface area contributed by atoms with Gasteiger partial charge in [0, 0.05) is 31.7 Å². The van der Waals surface area contributed by atoms with Crippen LogP contribution in [0.1, 0.15) is 42.5 Å². The molecule has 0 atom stereocenters. The second-order valence-electron chi connectivity index (χ2n) is 6.08. The number of aliphatic carboxylic acids is 1. The van der Waals surface area contributed by atoms with Crippen LogP contribution < -0.4 is 10.1 Å². The van der Waals surface area contributed by atoms with Gasteiger partial charge in [-0.25, -0.2) is 0 Å². The van der Waals surface area contributed by atoms with Gasteiger partial charge in [-0.3, -0.25) is 9.59 Å². The fourth-order valence-electron chi connectivity index (χ4n) is 2.87. The largest absolute Gasteiger partial charge is 0.493 e. The molecule has 1 aliphatic carbocycles. The summed E-state index contributed by atoms with van der Waals surface area (Å²) in [5.41, 5.74) is 0.555. The van der Waals surface area contributed by atoms with E-state index in [1.54, 1.807) is 25.3 Å². The molecule has 0 radical (unpaired) electrons. The lowest BCUT2D eigenvalue weighted by molar-refractivity contribution is -0.142. The van der Waals surface area contributed by atoms with Gasteiger partial charge in [-0.1, -0.05) is 6.07 Å². The molecule has 0 aromatic heterocycles. The van der Waals surface area contributed by atoms with Crippen LogP contribution in [0, 0.1) is 5.92 Å². The van der Waals surface area contributed by atoms with Crippen LogP contribution in [0.15, 0.2) is 24.3 Å². The molecule has 1 amide bonds. The third-order valence-corrected chi connectivity index (χ3v) is 4.27. The molecular weight excluding hydrogens is 310 g/mol. The molecule has 6 nitrogen and oxygen atoms in total. The Morgan fingerprint density at radius 2 is 1.96 bits per heavy atom. The molecular formula is C18H25NO5. The minimum absolute atomic E-state index is 0.0411. The molecule has 1 fully saturated rings. The SMILES string of the molecule is COCCCOc1cccc(C(=O)NC2CCC(C(=O)O)CC2)c1. The normalized spacial score (nSPS) is 20.4. The number of carboxylic acids is 1. The number of carboxylic acid groups (broad SMARTS) is 1. The number of carbonyl (C=O) groups excluding carboxylic acids is 1. The highest BCUT2D eigenvalue weighted by molar-refractivity contribution is 5.94. The van der Waals surface area contributed by atoms with E-state index < -0.39 is 5.97 Å². The van der Waals surface area contributed by atoms with Gasteiger partial charge >= 0.3 is 5.97 Å². The summed E-state index contributed by atoms with van der Waals surface area (Å²) < 4.78 is 10.6. The summed E-state index contributed by atoms with van der Waals surface area (Å²) in [6.07, 6.45) is 3.43. The smallest absolute Gasteiger partial charge is 0.306 e. The molecule has 1 aliphatic rings. The summed E-state index contributed by atoms with van der Waals surface area (Å²) in [4.78, 5) is 23.3. The van der Waals surface area contributed by atoms with Crippen molar-refractivity contribution in [2.75, 3.05) is 20.3 Å². The van der Waals surface area contributed by atoms with E-state index in [1.165, 1.54) is 0 Å². The number of rotatable bonds is 8. The van der Waals surface area contributed by atoms with Gasteiger partial charge in [0.15, 0.2) is 0 Å². The summed E-state index contributed by atoms with van der Waals surface area (Å²) in [6.45, 7) is 1.18. The maximum absolute atomic E-state index is 12.4. The van der Waals surface area contributed by atoms with E-state index in [2.05, 4.69) is 5.32 Å². The number of hydrogen-bond donors (Lipinski definition) is 2. The van der Waals surface area contributed by atoms with E-state index in [0.717, 1.165) is 6.42 Å². The van der Waals surface area contributed by atoms with Crippen molar-refractivity contribution >= 4 is 11.9 Å². The molecule has 6 heteroatoms. The first-order valence-corrected chi connectivity index (χ1v) is 8.35. The number of carbonyl (C=O) groups is 2. The van der Waals surface area contributed by atoms with Gasteiger partial charge in [-0.05, 0) is 43.9 Å². The number of hydrogen-bond acceptors (Lipinski definition) is 4. The Bertz CT molecular complexity index is 552. The summed E-state index contributed by atoms with van der Waals surface area (Å²) in [6, 6.07) is 7.13. The lowest BCUT2D eigenvalue weighted by Crippen LogP contribution is -2.38. The molecule has 0 aliphatic heterocycles. The Morgan fingerprint density at radius 3 is 2.62 bits per heavy atom. The van der Waals surface area contributed by atoms with E-state index in [-0.39, 0.29) is 17.9 Å². The van der Waals surface area contributed by atoms with Crippen LogP contribution in [0.5, 0.6) is 5.75 Å². The molecule has 1 saturated carbocycles. The number of amides is 1. The Balaban J connectivity index is 1.83.